The van der Waals surface area contributed by atoms with Crippen molar-refractivity contribution < 1.29 is 42.5 Å². The van der Waals surface area contributed by atoms with E-state index in [9.17, 15) is 19.2 Å². The first-order valence-corrected chi connectivity index (χ1v) is 13.8. The van der Waals surface area contributed by atoms with Crippen LogP contribution in [0.4, 0.5) is 4.39 Å². The fraction of sp³-hybridized carbons (Fsp3) is 0.105. The molecule has 0 unspecified atom stereocenters. The van der Waals surface area contributed by atoms with Crippen LogP contribution in [0.1, 0.15) is 49.9 Å². The van der Waals surface area contributed by atoms with E-state index >= 15 is 4.39 Å². The smallest absolute Gasteiger partial charge is 0.338 e. The average molecular weight is 633 g/mol. The molecule has 3 rings (SSSR count). The molecular weight excluding hydrogens is 603 g/mol. The Balaban J connectivity index is 2.13. The van der Waals surface area contributed by atoms with Gasteiger partial charge in [0, 0.05) is 39.5 Å². The third-order valence-corrected chi connectivity index (χ3v) is 5.78. The molecule has 0 aliphatic carbocycles. The predicted molar refractivity (Wildman–Crippen MR) is 173 cm³/mol. The van der Waals surface area contributed by atoms with Gasteiger partial charge >= 0.3 is 23.9 Å². The molecule has 0 saturated carbocycles. The SMILES string of the molecule is C=C(C)C(=O)Oc1ccc(C#Cc2cc(OC(=O)C(=C)C)c(C#Cc3ccc(OC(=O)C(=C)C)cc3)c(OC(=O)C(=C)C)c2F)cc1. The van der Waals surface area contributed by atoms with Crippen LogP contribution in [-0.2, 0) is 19.2 Å². The second-order valence-electron chi connectivity index (χ2n) is 10.2. The lowest BCUT2D eigenvalue weighted by atomic mass is 10.1. The number of rotatable bonds is 8. The van der Waals surface area contributed by atoms with Crippen LogP contribution >= 0.6 is 0 Å². The fourth-order valence-electron chi connectivity index (χ4n) is 3.24. The molecule has 236 valence electrons. The quantitative estimate of drug-likeness (QED) is 0.119. The zero-order chi connectivity index (χ0) is 34.8. The molecule has 9 heteroatoms. The molecule has 3 aromatic rings. The number of halogens is 1. The van der Waals surface area contributed by atoms with Crippen molar-refractivity contribution in [3.8, 4) is 46.7 Å². The van der Waals surface area contributed by atoms with E-state index in [4.69, 9.17) is 18.9 Å². The lowest BCUT2D eigenvalue weighted by molar-refractivity contribution is -0.131. The Hall–Kier alpha value is -6.45. The molecule has 0 amide bonds. The Morgan fingerprint density at radius 2 is 0.936 bits per heavy atom. The van der Waals surface area contributed by atoms with Gasteiger partial charge in [0.25, 0.3) is 0 Å². The van der Waals surface area contributed by atoms with E-state index in [1.807, 2.05) is 0 Å². The standard InChI is InChI=1S/C38H29FO8/c1-22(2)35(40)44-29-16-10-26(11-17-29)9-15-28-21-32(46-37(42)24(5)6)31(34(33(28)39)47-38(43)25(7)8)20-14-27-12-18-30(19-13-27)45-36(41)23(3)4/h10-13,16-19,21H,1,3,5,7H2,2,4,6,8H3. The molecule has 0 aliphatic rings. The fourth-order valence-corrected chi connectivity index (χ4v) is 3.24. The van der Waals surface area contributed by atoms with Gasteiger partial charge in [0.15, 0.2) is 17.3 Å². The molecule has 0 saturated heterocycles. The van der Waals surface area contributed by atoms with Gasteiger partial charge in [-0.25, -0.2) is 23.6 Å². The highest BCUT2D eigenvalue weighted by Crippen LogP contribution is 2.35. The van der Waals surface area contributed by atoms with Crippen molar-refractivity contribution >= 4 is 23.9 Å². The normalized spacial score (nSPS) is 9.72. The monoisotopic (exact) mass is 632 g/mol. The van der Waals surface area contributed by atoms with Crippen LogP contribution in [-0.4, -0.2) is 23.9 Å². The summed E-state index contributed by atoms with van der Waals surface area (Å²) in [5, 5.41) is 0. The highest BCUT2D eigenvalue weighted by Gasteiger charge is 2.24. The lowest BCUT2D eigenvalue weighted by Gasteiger charge is -2.14. The maximum absolute atomic E-state index is 16.0. The summed E-state index contributed by atoms with van der Waals surface area (Å²) in [6.07, 6.45) is 0. The number of carbonyl (C=O) groups is 4. The van der Waals surface area contributed by atoms with Crippen molar-refractivity contribution in [1.29, 1.82) is 0 Å². The number of esters is 4. The molecule has 0 fully saturated rings. The third kappa shape index (κ3) is 9.77. The number of hydrogen-bond acceptors (Lipinski definition) is 8. The first kappa shape index (κ1) is 35.0. The maximum atomic E-state index is 16.0. The topological polar surface area (TPSA) is 105 Å². The first-order chi connectivity index (χ1) is 22.2. The molecule has 0 bridgehead atoms. The minimum absolute atomic E-state index is 0.0346. The Morgan fingerprint density at radius 1 is 0.553 bits per heavy atom. The van der Waals surface area contributed by atoms with Gasteiger partial charge < -0.3 is 18.9 Å². The summed E-state index contributed by atoms with van der Waals surface area (Å²) < 4.78 is 37.2. The van der Waals surface area contributed by atoms with Gasteiger partial charge in [0.05, 0.1) is 5.56 Å². The van der Waals surface area contributed by atoms with E-state index in [-0.39, 0.29) is 50.7 Å². The summed E-state index contributed by atoms with van der Waals surface area (Å²) in [6, 6.07) is 13.3. The molecule has 0 atom stereocenters. The zero-order valence-corrected chi connectivity index (χ0v) is 26.2. The van der Waals surface area contributed by atoms with Crippen molar-refractivity contribution in [2.75, 3.05) is 0 Å². The van der Waals surface area contributed by atoms with E-state index in [0.717, 1.165) is 6.07 Å². The van der Waals surface area contributed by atoms with Crippen LogP contribution in [0.2, 0.25) is 0 Å². The van der Waals surface area contributed by atoms with Gasteiger partial charge in [0.2, 0.25) is 0 Å². The molecule has 0 aromatic heterocycles. The Morgan fingerprint density at radius 3 is 1.36 bits per heavy atom. The molecule has 0 heterocycles. The summed E-state index contributed by atoms with van der Waals surface area (Å²) in [7, 11) is 0. The number of carbonyl (C=O) groups excluding carboxylic acids is 4. The predicted octanol–water partition coefficient (Wildman–Crippen LogP) is 6.55. The van der Waals surface area contributed by atoms with Gasteiger partial charge in [-0.15, -0.1) is 0 Å². The van der Waals surface area contributed by atoms with Crippen molar-refractivity contribution in [3.63, 3.8) is 0 Å². The summed E-state index contributed by atoms with van der Waals surface area (Å²) in [5.41, 5.74) is 0.712. The molecule has 0 aliphatic heterocycles. The largest absolute Gasteiger partial charge is 0.423 e. The van der Waals surface area contributed by atoms with Gasteiger partial charge in [-0.2, -0.15) is 0 Å². The van der Waals surface area contributed by atoms with Crippen molar-refractivity contribution in [1.82, 2.24) is 0 Å². The van der Waals surface area contributed by atoms with E-state index in [1.54, 1.807) is 12.1 Å². The van der Waals surface area contributed by atoms with Crippen LogP contribution in [0.25, 0.3) is 0 Å². The number of hydrogen-bond donors (Lipinski definition) is 0. The lowest BCUT2D eigenvalue weighted by Crippen LogP contribution is -2.14. The van der Waals surface area contributed by atoms with Gasteiger partial charge in [-0.3, -0.25) is 0 Å². The molecule has 0 radical (unpaired) electrons. The highest BCUT2D eigenvalue weighted by molar-refractivity contribution is 5.91. The molecule has 0 spiro atoms. The van der Waals surface area contributed by atoms with Gasteiger partial charge in [0.1, 0.15) is 17.1 Å². The molecule has 3 aromatic carbocycles. The van der Waals surface area contributed by atoms with E-state index < -0.39 is 35.4 Å². The van der Waals surface area contributed by atoms with Gasteiger partial charge in [-0.05, 0) is 76.2 Å². The van der Waals surface area contributed by atoms with Crippen LogP contribution in [0.3, 0.4) is 0 Å². The number of benzene rings is 3. The minimum Gasteiger partial charge on any atom is -0.423 e. The minimum atomic E-state index is -1.06. The van der Waals surface area contributed by atoms with Crippen LogP contribution in [0.15, 0.2) is 103 Å². The van der Waals surface area contributed by atoms with Gasteiger partial charge in [-0.1, -0.05) is 50.0 Å². The van der Waals surface area contributed by atoms with Crippen LogP contribution in [0.5, 0.6) is 23.0 Å². The molecule has 0 N–H and O–H groups in total. The summed E-state index contributed by atoms with van der Waals surface area (Å²) in [4.78, 5) is 48.7. The average Bonchev–Trinajstić information content (AvgIpc) is 3.02. The summed E-state index contributed by atoms with van der Waals surface area (Å²) in [5.74, 6) is 6.48. The maximum Gasteiger partial charge on any atom is 0.338 e. The zero-order valence-electron chi connectivity index (χ0n) is 26.2. The van der Waals surface area contributed by atoms with Crippen LogP contribution in [0, 0.1) is 29.5 Å². The van der Waals surface area contributed by atoms with Crippen molar-refractivity contribution in [2.45, 2.75) is 27.7 Å². The Labute approximate surface area is 271 Å². The van der Waals surface area contributed by atoms with Crippen molar-refractivity contribution in [3.05, 3.63) is 131 Å². The van der Waals surface area contributed by atoms with Crippen molar-refractivity contribution in [2.24, 2.45) is 0 Å². The molecular formula is C38H29FO8. The first-order valence-electron chi connectivity index (χ1n) is 13.8. The third-order valence-electron chi connectivity index (χ3n) is 5.78. The highest BCUT2D eigenvalue weighted by atomic mass is 19.1. The van der Waals surface area contributed by atoms with E-state index in [0.29, 0.717) is 11.1 Å². The second kappa shape index (κ2) is 15.5. The second-order valence-corrected chi connectivity index (χ2v) is 10.2. The number of ether oxygens (including phenoxy) is 4. The Kier molecular flexibility index (Phi) is 11.6. The Bertz CT molecular complexity index is 1960. The summed E-state index contributed by atoms with van der Waals surface area (Å²) >= 11 is 0. The van der Waals surface area contributed by atoms with E-state index in [1.165, 1.54) is 64.1 Å². The molecule has 8 nitrogen and oxygen atoms in total. The summed E-state index contributed by atoms with van der Waals surface area (Å²) in [6.45, 7) is 20.0. The van der Waals surface area contributed by atoms with E-state index in [2.05, 4.69) is 50.0 Å². The molecule has 47 heavy (non-hydrogen) atoms. The van der Waals surface area contributed by atoms with Crippen LogP contribution < -0.4 is 18.9 Å².